The van der Waals surface area contributed by atoms with Crippen LogP contribution in [0.3, 0.4) is 0 Å². The Morgan fingerprint density at radius 2 is 2.36 bits per heavy atom. The van der Waals surface area contributed by atoms with Crippen molar-refractivity contribution < 1.29 is 9.18 Å². The van der Waals surface area contributed by atoms with E-state index >= 15 is 0 Å². The molecular weight excluding hydrogens is 183 g/mol. The van der Waals surface area contributed by atoms with Gasteiger partial charge in [0.25, 0.3) is 5.91 Å². The Labute approximate surface area is 81.3 Å². The van der Waals surface area contributed by atoms with Crippen molar-refractivity contribution in [2.75, 3.05) is 0 Å². The summed E-state index contributed by atoms with van der Waals surface area (Å²) in [5, 5.41) is 2.73. The van der Waals surface area contributed by atoms with E-state index in [2.05, 4.69) is 10.3 Å². The molecule has 0 bridgehead atoms. The lowest BCUT2D eigenvalue weighted by atomic mass is 9.93. The number of hydrogen-bond acceptors (Lipinski definition) is 2. The molecule has 4 heteroatoms. The number of amides is 1. The van der Waals surface area contributed by atoms with Gasteiger partial charge in [-0.15, -0.1) is 0 Å². The van der Waals surface area contributed by atoms with Crippen LogP contribution in [0.5, 0.6) is 0 Å². The summed E-state index contributed by atoms with van der Waals surface area (Å²) in [5.74, 6) is -0.975. The molecule has 0 atom stereocenters. The van der Waals surface area contributed by atoms with Crippen LogP contribution in [0.4, 0.5) is 4.39 Å². The molecule has 74 valence electrons. The molecule has 1 aliphatic rings. The lowest BCUT2D eigenvalue weighted by Crippen LogP contribution is -2.40. The standard InChI is InChI=1S/C10H11FN2O/c11-8-5-2-6-12-9(8)10(14)13-7-3-1-4-7/h2,5-7H,1,3-4H2,(H,13,14). The van der Waals surface area contributed by atoms with Crippen molar-refractivity contribution in [1.82, 2.24) is 10.3 Å². The number of halogens is 1. The van der Waals surface area contributed by atoms with Crippen LogP contribution < -0.4 is 5.32 Å². The molecule has 1 heterocycles. The molecule has 1 aromatic heterocycles. The Kier molecular flexibility index (Phi) is 2.43. The zero-order valence-electron chi connectivity index (χ0n) is 7.66. The summed E-state index contributed by atoms with van der Waals surface area (Å²) < 4.78 is 13.1. The topological polar surface area (TPSA) is 42.0 Å². The largest absolute Gasteiger partial charge is 0.348 e. The summed E-state index contributed by atoms with van der Waals surface area (Å²) in [6.07, 6.45) is 4.52. The number of rotatable bonds is 2. The van der Waals surface area contributed by atoms with Crippen molar-refractivity contribution in [3.63, 3.8) is 0 Å². The van der Waals surface area contributed by atoms with Crippen LogP contribution in [0.15, 0.2) is 18.3 Å². The summed E-state index contributed by atoms with van der Waals surface area (Å²) in [7, 11) is 0. The SMILES string of the molecule is O=C(NC1CCC1)c1ncccc1F. The highest BCUT2D eigenvalue weighted by atomic mass is 19.1. The molecule has 0 aliphatic heterocycles. The molecular formula is C10H11FN2O. The predicted octanol–water partition coefficient (Wildman–Crippen LogP) is 1.50. The van der Waals surface area contributed by atoms with Gasteiger partial charge in [0.15, 0.2) is 11.5 Å². The van der Waals surface area contributed by atoms with E-state index < -0.39 is 11.7 Å². The van der Waals surface area contributed by atoms with Gasteiger partial charge in [0.1, 0.15) is 0 Å². The quantitative estimate of drug-likeness (QED) is 0.775. The molecule has 1 fully saturated rings. The molecule has 0 unspecified atom stereocenters. The van der Waals surface area contributed by atoms with E-state index in [-0.39, 0.29) is 11.7 Å². The molecule has 0 aromatic carbocycles. The molecule has 0 radical (unpaired) electrons. The second-order valence-electron chi connectivity index (χ2n) is 3.44. The highest BCUT2D eigenvalue weighted by molar-refractivity contribution is 5.92. The van der Waals surface area contributed by atoms with E-state index in [4.69, 9.17) is 0 Å². The Balaban J connectivity index is 2.06. The number of pyridine rings is 1. The Morgan fingerprint density at radius 1 is 1.57 bits per heavy atom. The number of nitrogens with zero attached hydrogens (tertiary/aromatic N) is 1. The number of nitrogens with one attached hydrogen (secondary N) is 1. The maximum absolute atomic E-state index is 13.1. The van der Waals surface area contributed by atoms with Gasteiger partial charge >= 0.3 is 0 Å². The van der Waals surface area contributed by atoms with Crippen molar-refractivity contribution in [3.05, 3.63) is 29.8 Å². The maximum atomic E-state index is 13.1. The minimum atomic E-state index is -0.565. The zero-order chi connectivity index (χ0) is 9.97. The van der Waals surface area contributed by atoms with E-state index in [9.17, 15) is 9.18 Å². The third kappa shape index (κ3) is 1.73. The lowest BCUT2D eigenvalue weighted by molar-refractivity contribution is 0.0907. The highest BCUT2D eigenvalue weighted by Gasteiger charge is 2.22. The molecule has 1 saturated carbocycles. The van der Waals surface area contributed by atoms with Crippen molar-refractivity contribution >= 4 is 5.91 Å². The second kappa shape index (κ2) is 3.74. The van der Waals surface area contributed by atoms with Gasteiger partial charge in [-0.05, 0) is 31.4 Å². The van der Waals surface area contributed by atoms with E-state index in [1.54, 1.807) is 0 Å². The molecule has 2 rings (SSSR count). The van der Waals surface area contributed by atoms with Gasteiger partial charge in [0, 0.05) is 12.2 Å². The summed E-state index contributed by atoms with van der Waals surface area (Å²) >= 11 is 0. The number of carbonyl (C=O) groups is 1. The van der Waals surface area contributed by atoms with Crippen LogP contribution >= 0.6 is 0 Å². The Morgan fingerprint density at radius 3 is 2.93 bits per heavy atom. The van der Waals surface area contributed by atoms with E-state index in [0.717, 1.165) is 19.3 Å². The zero-order valence-corrected chi connectivity index (χ0v) is 7.66. The predicted molar refractivity (Wildman–Crippen MR) is 49.3 cm³/mol. The first-order valence-electron chi connectivity index (χ1n) is 4.69. The van der Waals surface area contributed by atoms with Gasteiger partial charge in [-0.2, -0.15) is 0 Å². The van der Waals surface area contributed by atoms with Crippen molar-refractivity contribution in [2.24, 2.45) is 0 Å². The summed E-state index contributed by atoms with van der Waals surface area (Å²) in [5.41, 5.74) is -0.112. The molecule has 0 saturated heterocycles. The third-order valence-electron chi connectivity index (χ3n) is 2.41. The van der Waals surface area contributed by atoms with Crippen molar-refractivity contribution in [1.29, 1.82) is 0 Å². The van der Waals surface area contributed by atoms with E-state index in [1.165, 1.54) is 18.3 Å². The van der Waals surface area contributed by atoms with Gasteiger partial charge in [0.2, 0.25) is 0 Å². The second-order valence-corrected chi connectivity index (χ2v) is 3.44. The summed E-state index contributed by atoms with van der Waals surface area (Å²) in [4.78, 5) is 15.2. The van der Waals surface area contributed by atoms with Gasteiger partial charge in [0.05, 0.1) is 0 Å². The summed E-state index contributed by atoms with van der Waals surface area (Å²) in [6, 6.07) is 2.92. The first-order chi connectivity index (χ1) is 6.77. The molecule has 3 nitrogen and oxygen atoms in total. The van der Waals surface area contributed by atoms with Crippen LogP contribution in [0, 0.1) is 5.82 Å². The minimum absolute atomic E-state index is 0.112. The fraction of sp³-hybridized carbons (Fsp3) is 0.400. The first kappa shape index (κ1) is 9.12. The van der Waals surface area contributed by atoms with Gasteiger partial charge in [-0.25, -0.2) is 9.37 Å². The lowest BCUT2D eigenvalue weighted by Gasteiger charge is -2.26. The summed E-state index contributed by atoms with van der Waals surface area (Å²) in [6.45, 7) is 0. The minimum Gasteiger partial charge on any atom is -0.348 e. The fourth-order valence-corrected chi connectivity index (χ4v) is 1.36. The number of carbonyl (C=O) groups excluding carboxylic acids is 1. The molecule has 0 spiro atoms. The van der Waals surface area contributed by atoms with E-state index in [1.807, 2.05) is 0 Å². The molecule has 1 aromatic rings. The Bertz CT molecular complexity index is 350. The van der Waals surface area contributed by atoms with Crippen LogP contribution in [-0.4, -0.2) is 16.9 Å². The van der Waals surface area contributed by atoms with Crippen LogP contribution in [0.2, 0.25) is 0 Å². The first-order valence-corrected chi connectivity index (χ1v) is 4.69. The molecule has 1 N–H and O–H groups in total. The van der Waals surface area contributed by atoms with Gasteiger partial charge < -0.3 is 5.32 Å². The van der Waals surface area contributed by atoms with Gasteiger partial charge in [-0.3, -0.25) is 4.79 Å². The molecule has 14 heavy (non-hydrogen) atoms. The maximum Gasteiger partial charge on any atom is 0.273 e. The normalized spacial score (nSPS) is 16.1. The molecule has 1 amide bonds. The van der Waals surface area contributed by atoms with Crippen LogP contribution in [0.25, 0.3) is 0 Å². The number of aromatic nitrogens is 1. The van der Waals surface area contributed by atoms with Crippen molar-refractivity contribution in [2.45, 2.75) is 25.3 Å². The van der Waals surface area contributed by atoms with Crippen molar-refractivity contribution in [3.8, 4) is 0 Å². The Hall–Kier alpha value is -1.45. The smallest absolute Gasteiger partial charge is 0.273 e. The van der Waals surface area contributed by atoms with E-state index in [0.29, 0.717) is 0 Å². The number of hydrogen-bond donors (Lipinski definition) is 1. The third-order valence-corrected chi connectivity index (χ3v) is 2.41. The average Bonchev–Trinajstić information content (AvgIpc) is 2.12. The monoisotopic (exact) mass is 194 g/mol. The van der Waals surface area contributed by atoms with Crippen LogP contribution in [0.1, 0.15) is 29.8 Å². The highest BCUT2D eigenvalue weighted by Crippen LogP contribution is 2.18. The average molecular weight is 194 g/mol. The van der Waals surface area contributed by atoms with Gasteiger partial charge in [-0.1, -0.05) is 0 Å². The molecule has 1 aliphatic carbocycles. The fourth-order valence-electron chi connectivity index (χ4n) is 1.36. The van der Waals surface area contributed by atoms with Crippen LogP contribution in [-0.2, 0) is 0 Å².